The van der Waals surface area contributed by atoms with Gasteiger partial charge in [-0.05, 0) is 39.5 Å². The Hall–Kier alpha value is -0.570. The SMILES string of the molecule is CC(C)(C)OCCOC(=O)CC1CCCCC1. The van der Waals surface area contributed by atoms with E-state index in [0.29, 0.717) is 25.6 Å². The van der Waals surface area contributed by atoms with Crippen molar-refractivity contribution in [1.82, 2.24) is 0 Å². The highest BCUT2D eigenvalue weighted by Crippen LogP contribution is 2.26. The largest absolute Gasteiger partial charge is 0.463 e. The van der Waals surface area contributed by atoms with E-state index in [4.69, 9.17) is 9.47 Å². The molecule has 0 aromatic heterocycles. The molecule has 0 atom stereocenters. The fraction of sp³-hybridized carbons (Fsp3) is 0.929. The summed E-state index contributed by atoms with van der Waals surface area (Å²) in [7, 11) is 0. The summed E-state index contributed by atoms with van der Waals surface area (Å²) in [5.74, 6) is 0.495. The second kappa shape index (κ2) is 7.00. The fourth-order valence-electron chi connectivity index (χ4n) is 2.19. The highest BCUT2D eigenvalue weighted by atomic mass is 16.6. The smallest absolute Gasteiger partial charge is 0.306 e. The summed E-state index contributed by atoms with van der Waals surface area (Å²) in [5, 5.41) is 0. The van der Waals surface area contributed by atoms with E-state index in [-0.39, 0.29) is 11.6 Å². The molecule has 0 aromatic carbocycles. The van der Waals surface area contributed by atoms with Gasteiger partial charge in [-0.2, -0.15) is 0 Å². The van der Waals surface area contributed by atoms with Gasteiger partial charge in [0.05, 0.1) is 12.2 Å². The van der Waals surface area contributed by atoms with Gasteiger partial charge >= 0.3 is 5.97 Å². The van der Waals surface area contributed by atoms with Crippen molar-refractivity contribution in [1.29, 1.82) is 0 Å². The van der Waals surface area contributed by atoms with E-state index >= 15 is 0 Å². The number of rotatable bonds is 5. The molecule has 0 radical (unpaired) electrons. The maximum Gasteiger partial charge on any atom is 0.306 e. The van der Waals surface area contributed by atoms with Gasteiger partial charge in [0.25, 0.3) is 0 Å². The minimum absolute atomic E-state index is 0.0607. The zero-order valence-electron chi connectivity index (χ0n) is 11.5. The molecule has 1 saturated carbocycles. The second-order valence-corrected chi connectivity index (χ2v) is 5.89. The fourth-order valence-corrected chi connectivity index (χ4v) is 2.19. The molecule has 1 aliphatic rings. The van der Waals surface area contributed by atoms with Crippen molar-refractivity contribution >= 4 is 5.97 Å². The topological polar surface area (TPSA) is 35.5 Å². The predicted molar refractivity (Wildman–Crippen MR) is 67.9 cm³/mol. The molecule has 3 nitrogen and oxygen atoms in total. The minimum atomic E-state index is -0.157. The van der Waals surface area contributed by atoms with Crippen molar-refractivity contribution in [2.75, 3.05) is 13.2 Å². The van der Waals surface area contributed by atoms with Crippen LogP contribution in [0.1, 0.15) is 59.3 Å². The molecule has 1 fully saturated rings. The average Bonchev–Trinajstić information content (AvgIpc) is 2.25. The summed E-state index contributed by atoms with van der Waals surface area (Å²) in [6, 6.07) is 0. The van der Waals surface area contributed by atoms with Crippen LogP contribution in [-0.4, -0.2) is 24.8 Å². The number of ether oxygens (including phenoxy) is 2. The van der Waals surface area contributed by atoms with Gasteiger partial charge in [0.1, 0.15) is 6.61 Å². The van der Waals surface area contributed by atoms with E-state index in [1.54, 1.807) is 0 Å². The zero-order valence-corrected chi connectivity index (χ0v) is 11.5. The van der Waals surface area contributed by atoms with Gasteiger partial charge in [-0.25, -0.2) is 0 Å². The third-order valence-corrected chi connectivity index (χ3v) is 3.06. The maximum absolute atomic E-state index is 11.6. The first-order chi connectivity index (χ1) is 7.97. The lowest BCUT2D eigenvalue weighted by Crippen LogP contribution is -2.23. The predicted octanol–water partition coefficient (Wildman–Crippen LogP) is 3.32. The molecule has 0 amide bonds. The summed E-state index contributed by atoms with van der Waals surface area (Å²) in [6.45, 7) is 6.85. The molecule has 1 rings (SSSR count). The van der Waals surface area contributed by atoms with Crippen molar-refractivity contribution < 1.29 is 14.3 Å². The van der Waals surface area contributed by atoms with Crippen LogP contribution < -0.4 is 0 Å². The summed E-state index contributed by atoms with van der Waals surface area (Å²) in [5.41, 5.74) is -0.157. The Morgan fingerprint density at radius 1 is 1.12 bits per heavy atom. The van der Waals surface area contributed by atoms with Crippen molar-refractivity contribution in [2.45, 2.75) is 64.9 Å². The maximum atomic E-state index is 11.6. The molecule has 3 heteroatoms. The monoisotopic (exact) mass is 242 g/mol. The van der Waals surface area contributed by atoms with Gasteiger partial charge in [-0.1, -0.05) is 19.3 Å². The van der Waals surface area contributed by atoms with E-state index in [1.807, 2.05) is 20.8 Å². The van der Waals surface area contributed by atoms with Crippen molar-refractivity contribution in [3.05, 3.63) is 0 Å². The van der Waals surface area contributed by atoms with E-state index in [2.05, 4.69) is 0 Å². The lowest BCUT2D eigenvalue weighted by atomic mass is 9.87. The third kappa shape index (κ3) is 7.37. The first kappa shape index (κ1) is 14.5. The second-order valence-electron chi connectivity index (χ2n) is 5.89. The van der Waals surface area contributed by atoms with Crippen LogP contribution in [0.4, 0.5) is 0 Å². The van der Waals surface area contributed by atoms with Crippen LogP contribution in [0.25, 0.3) is 0 Å². The number of carbonyl (C=O) groups excluding carboxylic acids is 1. The molecule has 0 bridgehead atoms. The number of carbonyl (C=O) groups is 1. The van der Waals surface area contributed by atoms with Crippen molar-refractivity contribution in [2.24, 2.45) is 5.92 Å². The first-order valence-corrected chi connectivity index (χ1v) is 6.77. The van der Waals surface area contributed by atoms with Crippen molar-refractivity contribution in [3.63, 3.8) is 0 Å². The highest BCUT2D eigenvalue weighted by Gasteiger charge is 2.18. The van der Waals surface area contributed by atoms with E-state index in [9.17, 15) is 4.79 Å². The number of hydrogen-bond acceptors (Lipinski definition) is 3. The van der Waals surface area contributed by atoms with E-state index in [1.165, 1.54) is 32.1 Å². The third-order valence-electron chi connectivity index (χ3n) is 3.06. The lowest BCUT2D eigenvalue weighted by Gasteiger charge is -2.21. The Kier molecular flexibility index (Phi) is 5.96. The summed E-state index contributed by atoms with van der Waals surface area (Å²) >= 11 is 0. The van der Waals surface area contributed by atoms with Gasteiger partial charge < -0.3 is 9.47 Å². The average molecular weight is 242 g/mol. The molecule has 0 unspecified atom stereocenters. The quantitative estimate of drug-likeness (QED) is 0.548. The molecule has 17 heavy (non-hydrogen) atoms. The van der Waals surface area contributed by atoms with Crippen LogP contribution in [0.15, 0.2) is 0 Å². The van der Waals surface area contributed by atoms with Crippen LogP contribution in [0.3, 0.4) is 0 Å². The lowest BCUT2D eigenvalue weighted by molar-refractivity contribution is -0.148. The number of esters is 1. The Morgan fingerprint density at radius 2 is 1.76 bits per heavy atom. The molecule has 100 valence electrons. The summed E-state index contributed by atoms with van der Waals surface area (Å²) < 4.78 is 10.7. The van der Waals surface area contributed by atoms with E-state index < -0.39 is 0 Å². The molecule has 0 aromatic rings. The molecule has 1 aliphatic carbocycles. The zero-order chi connectivity index (χ0) is 12.7. The Morgan fingerprint density at radius 3 is 2.35 bits per heavy atom. The molecule has 0 N–H and O–H groups in total. The van der Waals surface area contributed by atoms with E-state index in [0.717, 1.165) is 0 Å². The van der Waals surface area contributed by atoms with Gasteiger partial charge in [0.15, 0.2) is 0 Å². The first-order valence-electron chi connectivity index (χ1n) is 6.77. The van der Waals surface area contributed by atoms with Crippen LogP contribution in [0.5, 0.6) is 0 Å². The summed E-state index contributed by atoms with van der Waals surface area (Å²) in [4.78, 5) is 11.6. The van der Waals surface area contributed by atoms with Crippen LogP contribution in [-0.2, 0) is 14.3 Å². The van der Waals surface area contributed by atoms with Gasteiger partial charge in [-0.15, -0.1) is 0 Å². The van der Waals surface area contributed by atoms with Crippen LogP contribution >= 0.6 is 0 Å². The molecular formula is C14H26O3. The molecule has 0 saturated heterocycles. The summed E-state index contributed by atoms with van der Waals surface area (Å²) in [6.07, 6.45) is 6.83. The van der Waals surface area contributed by atoms with Crippen molar-refractivity contribution in [3.8, 4) is 0 Å². The molecule has 0 spiro atoms. The Balaban J connectivity index is 2.04. The standard InChI is InChI=1S/C14H26O3/c1-14(2,3)17-10-9-16-13(15)11-12-7-5-4-6-8-12/h12H,4-11H2,1-3H3. The molecular weight excluding hydrogens is 216 g/mol. The Labute approximate surface area is 105 Å². The van der Waals surface area contributed by atoms with Crippen LogP contribution in [0, 0.1) is 5.92 Å². The van der Waals surface area contributed by atoms with Gasteiger partial charge in [-0.3, -0.25) is 4.79 Å². The van der Waals surface area contributed by atoms with Gasteiger partial charge in [0, 0.05) is 6.42 Å². The van der Waals surface area contributed by atoms with Gasteiger partial charge in [0.2, 0.25) is 0 Å². The number of hydrogen-bond donors (Lipinski definition) is 0. The minimum Gasteiger partial charge on any atom is -0.463 e. The highest BCUT2D eigenvalue weighted by molar-refractivity contribution is 5.69. The normalized spacial score (nSPS) is 18.1. The molecule has 0 aliphatic heterocycles. The van der Waals surface area contributed by atoms with Crippen LogP contribution in [0.2, 0.25) is 0 Å². The molecule has 0 heterocycles. The Bertz CT molecular complexity index is 224.